The Labute approximate surface area is 104 Å². The van der Waals surface area contributed by atoms with Crippen LogP contribution in [0.25, 0.3) is 0 Å². The molecule has 3 heteroatoms. The first-order chi connectivity index (χ1) is 8.22. The molecule has 1 saturated carbocycles. The average Bonchev–Trinajstić information content (AvgIpc) is 2.68. The first-order valence-electron chi connectivity index (χ1n) is 6.43. The number of nitrogens with one attached hydrogen (secondary N) is 1. The first kappa shape index (κ1) is 12.4. The fourth-order valence-electron chi connectivity index (χ4n) is 2.64. The molecule has 3 atom stereocenters. The predicted molar refractivity (Wildman–Crippen MR) is 69.0 cm³/mol. The van der Waals surface area contributed by atoms with Gasteiger partial charge >= 0.3 is 0 Å². The lowest BCUT2D eigenvalue weighted by Crippen LogP contribution is -2.32. The molecule has 1 heterocycles. The van der Waals surface area contributed by atoms with Crippen molar-refractivity contribution in [2.45, 2.75) is 39.3 Å². The molecule has 0 aliphatic heterocycles. The van der Waals surface area contributed by atoms with Gasteiger partial charge < -0.3 is 10.1 Å². The van der Waals surface area contributed by atoms with Crippen molar-refractivity contribution in [1.82, 2.24) is 10.3 Å². The van der Waals surface area contributed by atoms with Gasteiger partial charge in [0.25, 0.3) is 0 Å². The highest BCUT2D eigenvalue weighted by Gasteiger charge is 2.29. The van der Waals surface area contributed by atoms with Crippen molar-refractivity contribution < 1.29 is 4.74 Å². The molecule has 0 aromatic carbocycles. The maximum absolute atomic E-state index is 5.26. The second kappa shape index (κ2) is 5.50. The second-order valence-corrected chi connectivity index (χ2v) is 5.07. The van der Waals surface area contributed by atoms with E-state index in [1.165, 1.54) is 12.8 Å². The lowest BCUT2D eigenvalue weighted by atomic mass is 9.98. The van der Waals surface area contributed by atoms with Gasteiger partial charge in [-0.15, -0.1) is 0 Å². The second-order valence-electron chi connectivity index (χ2n) is 5.07. The molecule has 1 aliphatic rings. The molecule has 0 amide bonds. The van der Waals surface area contributed by atoms with Crippen LogP contribution in [0.15, 0.2) is 18.3 Å². The van der Waals surface area contributed by atoms with Crippen molar-refractivity contribution in [2.24, 2.45) is 11.8 Å². The number of ether oxygens (including phenoxy) is 1. The van der Waals surface area contributed by atoms with Crippen LogP contribution in [-0.2, 0) is 6.54 Å². The summed E-state index contributed by atoms with van der Waals surface area (Å²) in [4.78, 5) is 4.21. The van der Waals surface area contributed by atoms with Crippen LogP contribution >= 0.6 is 0 Å². The van der Waals surface area contributed by atoms with E-state index >= 15 is 0 Å². The third-order valence-corrected chi connectivity index (χ3v) is 4.06. The van der Waals surface area contributed by atoms with Crippen molar-refractivity contribution >= 4 is 0 Å². The Bertz CT molecular complexity index is 367. The molecule has 0 radical (unpaired) electrons. The van der Waals surface area contributed by atoms with Gasteiger partial charge in [-0.3, -0.25) is 0 Å². The summed E-state index contributed by atoms with van der Waals surface area (Å²) in [5.74, 6) is 2.33. The first-order valence-corrected chi connectivity index (χ1v) is 6.43. The van der Waals surface area contributed by atoms with Gasteiger partial charge in [-0.2, -0.15) is 0 Å². The van der Waals surface area contributed by atoms with Gasteiger partial charge in [0.15, 0.2) is 0 Å². The highest BCUT2D eigenvalue weighted by Crippen LogP contribution is 2.31. The smallest absolute Gasteiger partial charge is 0.217 e. The van der Waals surface area contributed by atoms with E-state index in [1.807, 2.05) is 6.07 Å². The molecule has 1 fully saturated rings. The van der Waals surface area contributed by atoms with Crippen LogP contribution in [0.1, 0.15) is 32.3 Å². The number of methoxy groups -OCH3 is 1. The van der Waals surface area contributed by atoms with Crippen molar-refractivity contribution in [3.63, 3.8) is 0 Å². The van der Waals surface area contributed by atoms with Crippen LogP contribution in [0, 0.1) is 11.8 Å². The van der Waals surface area contributed by atoms with Gasteiger partial charge in [-0.25, -0.2) is 4.98 Å². The van der Waals surface area contributed by atoms with Crippen LogP contribution in [0.2, 0.25) is 0 Å². The van der Waals surface area contributed by atoms with Gasteiger partial charge in [-0.05, 0) is 30.7 Å². The van der Waals surface area contributed by atoms with Crippen LogP contribution < -0.4 is 10.1 Å². The normalized spacial score (nSPS) is 28.3. The lowest BCUT2D eigenvalue weighted by Gasteiger charge is -2.20. The Morgan fingerprint density at radius 3 is 2.88 bits per heavy atom. The van der Waals surface area contributed by atoms with Crippen molar-refractivity contribution in [2.75, 3.05) is 7.11 Å². The highest BCUT2D eigenvalue weighted by molar-refractivity contribution is 5.25. The van der Waals surface area contributed by atoms with Gasteiger partial charge in [0.1, 0.15) is 0 Å². The van der Waals surface area contributed by atoms with E-state index in [1.54, 1.807) is 13.3 Å². The summed E-state index contributed by atoms with van der Waals surface area (Å²) in [6.45, 7) is 5.53. The molecule has 3 unspecified atom stereocenters. The highest BCUT2D eigenvalue weighted by atomic mass is 16.5. The van der Waals surface area contributed by atoms with E-state index in [0.29, 0.717) is 6.04 Å². The monoisotopic (exact) mass is 234 g/mol. The van der Waals surface area contributed by atoms with E-state index < -0.39 is 0 Å². The molecule has 1 aromatic rings. The zero-order valence-corrected chi connectivity index (χ0v) is 10.9. The van der Waals surface area contributed by atoms with E-state index in [9.17, 15) is 0 Å². The minimum atomic E-state index is 0.634. The molecule has 17 heavy (non-hydrogen) atoms. The molecule has 0 saturated heterocycles. The fraction of sp³-hybridized carbons (Fsp3) is 0.643. The zero-order valence-electron chi connectivity index (χ0n) is 10.9. The SMILES string of the molecule is COc1ncccc1CNC1CCC(C)C1C. The quantitative estimate of drug-likeness (QED) is 0.869. The Hall–Kier alpha value is -1.09. The van der Waals surface area contributed by atoms with E-state index in [2.05, 4.69) is 30.2 Å². The minimum Gasteiger partial charge on any atom is -0.481 e. The van der Waals surface area contributed by atoms with Gasteiger partial charge in [0.2, 0.25) is 5.88 Å². The Balaban J connectivity index is 1.94. The number of hydrogen-bond acceptors (Lipinski definition) is 3. The summed E-state index contributed by atoms with van der Waals surface area (Å²) in [6, 6.07) is 4.66. The maximum Gasteiger partial charge on any atom is 0.217 e. The molecule has 0 bridgehead atoms. The molecular weight excluding hydrogens is 212 g/mol. The predicted octanol–water partition coefficient (Wildman–Crippen LogP) is 2.61. The van der Waals surface area contributed by atoms with Crippen molar-refractivity contribution in [1.29, 1.82) is 0 Å². The lowest BCUT2D eigenvalue weighted by molar-refractivity contribution is 0.360. The van der Waals surface area contributed by atoms with Crippen LogP contribution in [0.5, 0.6) is 5.88 Å². The molecular formula is C14H22N2O. The van der Waals surface area contributed by atoms with E-state index in [4.69, 9.17) is 4.74 Å². The van der Waals surface area contributed by atoms with E-state index in [0.717, 1.165) is 29.8 Å². The molecule has 1 N–H and O–H groups in total. The number of pyridine rings is 1. The summed E-state index contributed by atoms with van der Waals surface area (Å²) >= 11 is 0. The molecule has 1 aliphatic carbocycles. The molecule has 94 valence electrons. The Kier molecular flexibility index (Phi) is 4.00. The maximum atomic E-state index is 5.26. The molecule has 2 rings (SSSR count). The van der Waals surface area contributed by atoms with Gasteiger partial charge in [-0.1, -0.05) is 19.9 Å². The number of hydrogen-bond donors (Lipinski definition) is 1. The standard InChI is InChI=1S/C14H22N2O/c1-10-6-7-13(11(10)2)16-9-12-5-4-8-15-14(12)17-3/h4-5,8,10-11,13,16H,6-7,9H2,1-3H3. The topological polar surface area (TPSA) is 34.1 Å². The Morgan fingerprint density at radius 2 is 2.24 bits per heavy atom. The fourth-order valence-corrected chi connectivity index (χ4v) is 2.64. The van der Waals surface area contributed by atoms with E-state index in [-0.39, 0.29) is 0 Å². The zero-order chi connectivity index (χ0) is 12.3. The summed E-state index contributed by atoms with van der Waals surface area (Å²) < 4.78 is 5.26. The number of rotatable bonds is 4. The third kappa shape index (κ3) is 2.78. The minimum absolute atomic E-state index is 0.634. The summed E-state index contributed by atoms with van der Waals surface area (Å²) in [7, 11) is 1.67. The molecule has 3 nitrogen and oxygen atoms in total. The summed E-state index contributed by atoms with van der Waals surface area (Å²) in [6.07, 6.45) is 4.39. The Morgan fingerprint density at radius 1 is 1.41 bits per heavy atom. The van der Waals surface area contributed by atoms with Crippen LogP contribution in [0.4, 0.5) is 0 Å². The largest absolute Gasteiger partial charge is 0.481 e. The van der Waals surface area contributed by atoms with Crippen molar-refractivity contribution in [3.8, 4) is 5.88 Å². The third-order valence-electron chi connectivity index (χ3n) is 4.06. The van der Waals surface area contributed by atoms with Gasteiger partial charge in [0.05, 0.1) is 7.11 Å². The summed E-state index contributed by atoms with van der Waals surface area (Å²) in [5.41, 5.74) is 1.14. The van der Waals surface area contributed by atoms with Crippen molar-refractivity contribution in [3.05, 3.63) is 23.9 Å². The molecule has 1 aromatic heterocycles. The van der Waals surface area contributed by atoms with Gasteiger partial charge in [0, 0.05) is 24.3 Å². The molecule has 0 spiro atoms. The number of nitrogens with zero attached hydrogens (tertiary/aromatic N) is 1. The van der Waals surface area contributed by atoms with Crippen LogP contribution in [0.3, 0.4) is 0 Å². The summed E-state index contributed by atoms with van der Waals surface area (Å²) in [5, 5.41) is 3.63. The number of aromatic nitrogens is 1. The van der Waals surface area contributed by atoms with Crippen LogP contribution in [-0.4, -0.2) is 18.1 Å². The average molecular weight is 234 g/mol.